The number of benzene rings is 1. The van der Waals surface area contributed by atoms with Crippen LogP contribution in [0.5, 0.6) is 0 Å². The number of hydrogen-bond acceptors (Lipinski definition) is 2. The van der Waals surface area contributed by atoms with Crippen LogP contribution < -0.4 is 5.32 Å². The molecule has 1 saturated heterocycles. The minimum absolute atomic E-state index is 0.455. The number of halogens is 1. The normalized spacial score (nSPS) is 23.3. The minimum atomic E-state index is 0.455. The highest BCUT2D eigenvalue weighted by Gasteiger charge is 2.28. The summed E-state index contributed by atoms with van der Waals surface area (Å²) in [5.41, 5.74) is 1.35. The van der Waals surface area contributed by atoms with Crippen LogP contribution in [0.3, 0.4) is 0 Å². The Kier molecular flexibility index (Phi) is 4.66. The maximum Gasteiger partial charge on any atom is 0.0406 e. The van der Waals surface area contributed by atoms with Gasteiger partial charge < -0.3 is 5.32 Å². The molecule has 0 aliphatic carbocycles. The molecule has 1 N–H and O–H groups in total. The van der Waals surface area contributed by atoms with E-state index in [4.69, 9.17) is 11.6 Å². The topological polar surface area (TPSA) is 15.3 Å². The predicted molar refractivity (Wildman–Crippen MR) is 78.1 cm³/mol. The van der Waals surface area contributed by atoms with Crippen molar-refractivity contribution in [1.29, 1.82) is 0 Å². The first-order valence-electron chi connectivity index (χ1n) is 6.81. The zero-order chi connectivity index (χ0) is 13.1. The molecule has 2 nitrogen and oxygen atoms in total. The third-order valence-electron chi connectivity index (χ3n) is 3.95. The summed E-state index contributed by atoms with van der Waals surface area (Å²) in [4.78, 5) is 2.62. The third-order valence-corrected chi connectivity index (χ3v) is 4.20. The fourth-order valence-electron chi connectivity index (χ4n) is 2.77. The van der Waals surface area contributed by atoms with Gasteiger partial charge in [0.2, 0.25) is 0 Å². The molecule has 18 heavy (non-hydrogen) atoms. The molecule has 0 saturated carbocycles. The van der Waals surface area contributed by atoms with Crippen LogP contribution in [0, 0.1) is 5.92 Å². The summed E-state index contributed by atoms with van der Waals surface area (Å²) < 4.78 is 0. The third kappa shape index (κ3) is 3.05. The summed E-state index contributed by atoms with van der Waals surface area (Å²) in [6, 6.07) is 9.33. The predicted octanol–water partition coefficient (Wildman–Crippen LogP) is 3.33. The summed E-state index contributed by atoms with van der Waals surface area (Å²) in [6.45, 7) is 10.2. The summed E-state index contributed by atoms with van der Waals surface area (Å²) in [5.74, 6) is 0.674. The van der Waals surface area contributed by atoms with Gasteiger partial charge in [0.25, 0.3) is 0 Å². The zero-order valence-electron chi connectivity index (χ0n) is 11.5. The van der Waals surface area contributed by atoms with E-state index in [1.54, 1.807) is 0 Å². The Morgan fingerprint density at radius 2 is 1.89 bits per heavy atom. The van der Waals surface area contributed by atoms with Crippen molar-refractivity contribution in [1.82, 2.24) is 10.2 Å². The van der Waals surface area contributed by atoms with Crippen LogP contribution in [0.15, 0.2) is 24.3 Å². The highest BCUT2D eigenvalue weighted by Crippen LogP contribution is 2.27. The Hall–Kier alpha value is -0.570. The lowest BCUT2D eigenvalue weighted by Gasteiger charge is -2.42. The first kappa shape index (κ1) is 13.9. The molecule has 1 aromatic carbocycles. The first-order chi connectivity index (χ1) is 8.59. The zero-order valence-corrected chi connectivity index (χ0v) is 12.2. The van der Waals surface area contributed by atoms with E-state index in [0.29, 0.717) is 18.0 Å². The van der Waals surface area contributed by atoms with E-state index in [1.165, 1.54) is 5.56 Å². The molecule has 1 aromatic rings. The lowest BCUT2D eigenvalue weighted by molar-refractivity contribution is 0.0844. The number of piperazine rings is 1. The second kappa shape index (κ2) is 6.05. The second-order valence-corrected chi connectivity index (χ2v) is 5.92. The summed E-state index contributed by atoms with van der Waals surface area (Å²) in [7, 11) is 0. The molecule has 3 heteroatoms. The van der Waals surface area contributed by atoms with Crippen molar-refractivity contribution in [2.75, 3.05) is 19.6 Å². The molecule has 0 spiro atoms. The van der Waals surface area contributed by atoms with E-state index >= 15 is 0 Å². The molecular weight excluding hydrogens is 244 g/mol. The van der Waals surface area contributed by atoms with Crippen molar-refractivity contribution in [3.8, 4) is 0 Å². The maximum atomic E-state index is 5.96. The van der Waals surface area contributed by atoms with Crippen molar-refractivity contribution >= 4 is 11.6 Å². The van der Waals surface area contributed by atoms with E-state index < -0.39 is 0 Å². The van der Waals surface area contributed by atoms with Gasteiger partial charge in [0.15, 0.2) is 0 Å². The molecular formula is C15H23ClN2. The highest BCUT2D eigenvalue weighted by atomic mass is 35.5. The van der Waals surface area contributed by atoms with Gasteiger partial charge in [-0.25, -0.2) is 0 Å². The highest BCUT2D eigenvalue weighted by molar-refractivity contribution is 6.30. The summed E-state index contributed by atoms with van der Waals surface area (Å²) >= 11 is 5.96. The average molecular weight is 267 g/mol. The van der Waals surface area contributed by atoms with Crippen LogP contribution in [0.2, 0.25) is 5.02 Å². The fourth-order valence-corrected chi connectivity index (χ4v) is 2.90. The molecule has 1 heterocycles. The SMILES string of the molecule is CC(C)C1CNCCN1C(C)c1ccc(Cl)cc1. The van der Waals surface area contributed by atoms with Crippen LogP contribution in [0.25, 0.3) is 0 Å². The fraction of sp³-hybridized carbons (Fsp3) is 0.600. The lowest BCUT2D eigenvalue weighted by atomic mass is 9.96. The molecule has 1 fully saturated rings. The van der Waals surface area contributed by atoms with Crippen molar-refractivity contribution in [2.24, 2.45) is 5.92 Å². The number of rotatable bonds is 3. The Labute approximate surface area is 115 Å². The molecule has 100 valence electrons. The number of nitrogens with one attached hydrogen (secondary N) is 1. The van der Waals surface area contributed by atoms with E-state index in [0.717, 1.165) is 24.7 Å². The molecule has 1 aliphatic rings. The van der Waals surface area contributed by atoms with Gasteiger partial charge in [0.05, 0.1) is 0 Å². The van der Waals surface area contributed by atoms with E-state index in [2.05, 4.69) is 43.1 Å². The smallest absolute Gasteiger partial charge is 0.0406 e. The molecule has 1 aliphatic heterocycles. The molecule has 2 atom stereocenters. The van der Waals surface area contributed by atoms with Gasteiger partial charge in [-0.1, -0.05) is 37.6 Å². The number of nitrogens with zero attached hydrogens (tertiary/aromatic N) is 1. The van der Waals surface area contributed by atoms with Crippen LogP contribution in [-0.2, 0) is 0 Å². The van der Waals surface area contributed by atoms with Crippen molar-refractivity contribution in [3.05, 3.63) is 34.9 Å². The van der Waals surface area contributed by atoms with Crippen LogP contribution >= 0.6 is 11.6 Å². The van der Waals surface area contributed by atoms with Gasteiger partial charge in [-0.2, -0.15) is 0 Å². The standard InChI is InChI=1S/C15H23ClN2/c1-11(2)15-10-17-8-9-18(15)12(3)13-4-6-14(16)7-5-13/h4-7,11-12,15,17H,8-10H2,1-3H3. The molecule has 0 aromatic heterocycles. The van der Waals surface area contributed by atoms with Crippen molar-refractivity contribution < 1.29 is 0 Å². The quantitative estimate of drug-likeness (QED) is 0.903. The van der Waals surface area contributed by atoms with E-state index in [9.17, 15) is 0 Å². The summed E-state index contributed by atoms with van der Waals surface area (Å²) in [6.07, 6.45) is 0. The minimum Gasteiger partial charge on any atom is -0.314 e. The Morgan fingerprint density at radius 3 is 2.50 bits per heavy atom. The van der Waals surface area contributed by atoms with Gasteiger partial charge >= 0.3 is 0 Å². The van der Waals surface area contributed by atoms with Gasteiger partial charge in [-0.05, 0) is 30.5 Å². The van der Waals surface area contributed by atoms with Gasteiger partial charge in [-0.3, -0.25) is 4.90 Å². The van der Waals surface area contributed by atoms with Crippen LogP contribution in [0.1, 0.15) is 32.4 Å². The number of hydrogen-bond donors (Lipinski definition) is 1. The van der Waals surface area contributed by atoms with Gasteiger partial charge in [0.1, 0.15) is 0 Å². The van der Waals surface area contributed by atoms with Crippen molar-refractivity contribution in [2.45, 2.75) is 32.9 Å². The van der Waals surface area contributed by atoms with Crippen LogP contribution in [0.4, 0.5) is 0 Å². The average Bonchev–Trinajstić information content (AvgIpc) is 2.39. The molecule has 0 bridgehead atoms. The Morgan fingerprint density at radius 1 is 1.22 bits per heavy atom. The molecule has 0 amide bonds. The van der Waals surface area contributed by atoms with E-state index in [-0.39, 0.29) is 0 Å². The summed E-state index contributed by atoms with van der Waals surface area (Å²) in [5, 5.41) is 4.31. The second-order valence-electron chi connectivity index (χ2n) is 5.48. The monoisotopic (exact) mass is 266 g/mol. The molecule has 2 rings (SSSR count). The van der Waals surface area contributed by atoms with Gasteiger partial charge in [0, 0.05) is 36.7 Å². The van der Waals surface area contributed by atoms with Crippen molar-refractivity contribution in [3.63, 3.8) is 0 Å². The lowest BCUT2D eigenvalue weighted by Crippen LogP contribution is -2.54. The maximum absolute atomic E-state index is 5.96. The van der Waals surface area contributed by atoms with E-state index in [1.807, 2.05) is 12.1 Å². The largest absolute Gasteiger partial charge is 0.314 e. The Balaban J connectivity index is 2.15. The Bertz CT molecular complexity index is 375. The molecule has 2 unspecified atom stereocenters. The first-order valence-corrected chi connectivity index (χ1v) is 7.19. The van der Waals surface area contributed by atoms with Crippen LogP contribution in [-0.4, -0.2) is 30.6 Å². The molecule has 0 radical (unpaired) electrons. The van der Waals surface area contributed by atoms with Gasteiger partial charge in [-0.15, -0.1) is 0 Å².